The van der Waals surface area contributed by atoms with E-state index in [1.165, 1.54) is 0 Å². The molecule has 5 nitrogen and oxygen atoms in total. The Kier molecular flexibility index (Phi) is 6.16. The molecule has 1 atom stereocenters. The predicted molar refractivity (Wildman–Crippen MR) is 109 cm³/mol. The zero-order chi connectivity index (χ0) is 19.4. The van der Waals surface area contributed by atoms with Crippen LogP contribution in [0.25, 0.3) is 0 Å². The molecule has 3 rings (SSSR count). The van der Waals surface area contributed by atoms with Crippen LogP contribution in [0.15, 0.2) is 53.0 Å². The highest BCUT2D eigenvalue weighted by Crippen LogP contribution is 2.20. The third kappa shape index (κ3) is 4.89. The van der Waals surface area contributed by atoms with Gasteiger partial charge in [0, 0.05) is 41.9 Å². The van der Waals surface area contributed by atoms with Gasteiger partial charge in [-0.2, -0.15) is 0 Å². The highest BCUT2D eigenvalue weighted by atomic mass is 79.9. The Morgan fingerprint density at radius 1 is 0.963 bits per heavy atom. The second-order valence-corrected chi connectivity index (χ2v) is 7.55. The largest absolute Gasteiger partial charge is 0.481 e. The van der Waals surface area contributed by atoms with Crippen LogP contribution in [0.2, 0.25) is 0 Å². The summed E-state index contributed by atoms with van der Waals surface area (Å²) < 4.78 is 6.75. The third-order valence-corrected chi connectivity index (χ3v) is 5.23. The molecule has 1 amide bonds. The molecule has 0 aliphatic carbocycles. The molecule has 0 bridgehead atoms. The normalized spacial score (nSPS) is 15.4. The maximum Gasteiger partial charge on any atom is 0.263 e. The lowest BCUT2D eigenvalue weighted by atomic mass is 10.1. The van der Waals surface area contributed by atoms with E-state index < -0.39 is 6.10 Å². The van der Waals surface area contributed by atoms with Gasteiger partial charge in [0.15, 0.2) is 11.9 Å². The van der Waals surface area contributed by atoms with Gasteiger partial charge < -0.3 is 14.5 Å². The quantitative estimate of drug-likeness (QED) is 0.677. The standard InChI is InChI=1S/C21H23BrN2O3/c1-15(25)17-3-7-19(8-4-17)23-11-13-24(14-12-23)21(26)16(2)27-20-9-5-18(22)6-10-20/h3-10,16H,11-14H2,1-2H3/t16-/m1/s1. The van der Waals surface area contributed by atoms with E-state index in [9.17, 15) is 9.59 Å². The summed E-state index contributed by atoms with van der Waals surface area (Å²) in [5.41, 5.74) is 1.79. The Balaban J connectivity index is 1.54. The zero-order valence-corrected chi connectivity index (χ0v) is 17.1. The fourth-order valence-corrected chi connectivity index (χ4v) is 3.38. The van der Waals surface area contributed by atoms with Crippen LogP contribution in [0, 0.1) is 0 Å². The summed E-state index contributed by atoms with van der Waals surface area (Å²) in [6.45, 7) is 6.18. The van der Waals surface area contributed by atoms with E-state index in [-0.39, 0.29) is 11.7 Å². The van der Waals surface area contributed by atoms with Crippen molar-refractivity contribution < 1.29 is 14.3 Å². The SMILES string of the molecule is CC(=O)c1ccc(N2CCN(C(=O)[C@@H](C)Oc3ccc(Br)cc3)CC2)cc1. The first-order valence-corrected chi connectivity index (χ1v) is 9.80. The van der Waals surface area contributed by atoms with Crippen LogP contribution in [0.1, 0.15) is 24.2 Å². The van der Waals surface area contributed by atoms with E-state index in [1.54, 1.807) is 13.8 Å². The average Bonchev–Trinajstić information content (AvgIpc) is 2.69. The van der Waals surface area contributed by atoms with Crippen molar-refractivity contribution in [3.63, 3.8) is 0 Å². The molecule has 1 aliphatic rings. The zero-order valence-electron chi connectivity index (χ0n) is 15.5. The number of ether oxygens (including phenoxy) is 1. The first-order valence-electron chi connectivity index (χ1n) is 9.01. The van der Waals surface area contributed by atoms with E-state index in [1.807, 2.05) is 53.4 Å². The van der Waals surface area contributed by atoms with E-state index in [2.05, 4.69) is 20.8 Å². The molecule has 0 aromatic heterocycles. The predicted octanol–water partition coefficient (Wildman–Crippen LogP) is 3.77. The van der Waals surface area contributed by atoms with Gasteiger partial charge in [-0.25, -0.2) is 0 Å². The number of Topliss-reactive ketones (excluding diaryl/α,β-unsaturated/α-hetero) is 1. The Morgan fingerprint density at radius 2 is 1.56 bits per heavy atom. The second-order valence-electron chi connectivity index (χ2n) is 6.63. The van der Waals surface area contributed by atoms with Gasteiger partial charge in [0.25, 0.3) is 5.91 Å². The monoisotopic (exact) mass is 430 g/mol. The summed E-state index contributed by atoms with van der Waals surface area (Å²) in [7, 11) is 0. The Bertz CT molecular complexity index is 797. The summed E-state index contributed by atoms with van der Waals surface area (Å²) in [6.07, 6.45) is -0.521. The number of carbonyl (C=O) groups excluding carboxylic acids is 2. The third-order valence-electron chi connectivity index (χ3n) is 4.70. The van der Waals surface area contributed by atoms with E-state index in [0.29, 0.717) is 24.4 Å². The molecule has 6 heteroatoms. The number of hydrogen-bond donors (Lipinski definition) is 0. The minimum atomic E-state index is -0.521. The fraction of sp³-hybridized carbons (Fsp3) is 0.333. The number of hydrogen-bond acceptors (Lipinski definition) is 4. The van der Waals surface area contributed by atoms with Crippen molar-refractivity contribution in [2.75, 3.05) is 31.1 Å². The van der Waals surface area contributed by atoms with Crippen molar-refractivity contribution in [2.24, 2.45) is 0 Å². The number of halogens is 1. The Hall–Kier alpha value is -2.34. The maximum atomic E-state index is 12.7. The molecule has 1 heterocycles. The molecule has 0 N–H and O–H groups in total. The topological polar surface area (TPSA) is 49.9 Å². The van der Waals surface area contributed by atoms with Crippen molar-refractivity contribution in [1.29, 1.82) is 0 Å². The molecule has 27 heavy (non-hydrogen) atoms. The molecule has 1 fully saturated rings. The van der Waals surface area contributed by atoms with E-state index >= 15 is 0 Å². The van der Waals surface area contributed by atoms with Crippen LogP contribution in [-0.4, -0.2) is 48.9 Å². The molecule has 0 saturated carbocycles. The highest BCUT2D eigenvalue weighted by Gasteiger charge is 2.26. The lowest BCUT2D eigenvalue weighted by Gasteiger charge is -2.37. The van der Waals surface area contributed by atoms with Crippen molar-refractivity contribution >= 4 is 33.3 Å². The lowest BCUT2D eigenvalue weighted by molar-refractivity contribution is -0.138. The summed E-state index contributed by atoms with van der Waals surface area (Å²) in [5, 5.41) is 0. The average molecular weight is 431 g/mol. The summed E-state index contributed by atoms with van der Waals surface area (Å²) in [5.74, 6) is 0.754. The molecular formula is C21H23BrN2O3. The number of nitrogens with zero attached hydrogens (tertiary/aromatic N) is 2. The fourth-order valence-electron chi connectivity index (χ4n) is 3.12. The van der Waals surface area contributed by atoms with Crippen LogP contribution < -0.4 is 9.64 Å². The van der Waals surface area contributed by atoms with E-state index in [0.717, 1.165) is 23.2 Å². The van der Waals surface area contributed by atoms with Gasteiger partial charge in [-0.1, -0.05) is 15.9 Å². The van der Waals surface area contributed by atoms with Crippen molar-refractivity contribution in [3.8, 4) is 5.75 Å². The number of carbonyl (C=O) groups is 2. The van der Waals surface area contributed by atoms with Crippen LogP contribution in [0.3, 0.4) is 0 Å². The van der Waals surface area contributed by atoms with Crippen LogP contribution in [0.5, 0.6) is 5.75 Å². The summed E-state index contributed by atoms with van der Waals surface area (Å²) in [4.78, 5) is 28.1. The number of anilines is 1. The van der Waals surface area contributed by atoms with Gasteiger partial charge in [0.1, 0.15) is 5.75 Å². The molecule has 1 aliphatic heterocycles. The van der Waals surface area contributed by atoms with Gasteiger partial charge >= 0.3 is 0 Å². The number of benzene rings is 2. The molecule has 2 aromatic carbocycles. The summed E-state index contributed by atoms with van der Waals surface area (Å²) >= 11 is 3.39. The van der Waals surface area contributed by atoms with Gasteiger partial charge in [-0.15, -0.1) is 0 Å². The molecule has 2 aromatic rings. The molecule has 0 spiro atoms. The summed E-state index contributed by atoms with van der Waals surface area (Å²) in [6, 6.07) is 15.1. The first kappa shape index (κ1) is 19.4. The maximum absolute atomic E-state index is 12.7. The number of rotatable bonds is 5. The van der Waals surface area contributed by atoms with Gasteiger partial charge in [-0.3, -0.25) is 9.59 Å². The smallest absolute Gasteiger partial charge is 0.263 e. The van der Waals surface area contributed by atoms with E-state index in [4.69, 9.17) is 4.74 Å². The van der Waals surface area contributed by atoms with Gasteiger partial charge in [0.05, 0.1) is 0 Å². The lowest BCUT2D eigenvalue weighted by Crippen LogP contribution is -2.52. The molecule has 0 radical (unpaired) electrons. The molecule has 0 unspecified atom stereocenters. The van der Waals surface area contributed by atoms with Crippen molar-refractivity contribution in [3.05, 3.63) is 58.6 Å². The Labute approximate surface area is 168 Å². The minimum absolute atomic E-state index is 0.00416. The van der Waals surface area contributed by atoms with Crippen molar-refractivity contribution in [1.82, 2.24) is 4.90 Å². The minimum Gasteiger partial charge on any atom is -0.481 e. The van der Waals surface area contributed by atoms with Crippen LogP contribution >= 0.6 is 15.9 Å². The molecule has 142 valence electrons. The molecule has 1 saturated heterocycles. The Morgan fingerprint density at radius 3 is 2.11 bits per heavy atom. The van der Waals surface area contributed by atoms with Gasteiger partial charge in [0.2, 0.25) is 0 Å². The number of amides is 1. The highest BCUT2D eigenvalue weighted by molar-refractivity contribution is 9.10. The van der Waals surface area contributed by atoms with Crippen LogP contribution in [-0.2, 0) is 4.79 Å². The number of piperazine rings is 1. The first-order chi connectivity index (χ1) is 12.9. The molecular weight excluding hydrogens is 408 g/mol. The van der Waals surface area contributed by atoms with Gasteiger partial charge in [-0.05, 0) is 62.4 Å². The van der Waals surface area contributed by atoms with Crippen molar-refractivity contribution in [2.45, 2.75) is 20.0 Å². The van der Waals surface area contributed by atoms with Crippen LogP contribution in [0.4, 0.5) is 5.69 Å². The number of ketones is 1. The second kappa shape index (κ2) is 8.57.